The van der Waals surface area contributed by atoms with Gasteiger partial charge in [-0.05, 0) is 32.9 Å². The number of nitrogens with two attached hydrogens (primary N) is 2. The predicted octanol–water partition coefficient (Wildman–Crippen LogP) is 1.18. The molecular formula is C10H22N4. The number of unbranched alkanes of at least 4 members (excludes halogenated alkanes) is 3. The van der Waals surface area contributed by atoms with Gasteiger partial charge in [0.25, 0.3) is 0 Å². The first kappa shape index (κ1) is 13.1. The van der Waals surface area contributed by atoms with Crippen molar-refractivity contribution in [3.8, 4) is 0 Å². The third-order valence-corrected chi connectivity index (χ3v) is 1.79. The summed E-state index contributed by atoms with van der Waals surface area (Å²) < 4.78 is 0. The average Bonchev–Trinajstić information content (AvgIpc) is 2.65. The van der Waals surface area contributed by atoms with Crippen molar-refractivity contribution in [3.05, 3.63) is 18.2 Å². The van der Waals surface area contributed by atoms with Crippen LogP contribution in [0, 0.1) is 6.92 Å². The Morgan fingerprint density at radius 2 is 1.71 bits per heavy atom. The average molecular weight is 198 g/mol. The number of nitrogens with zero attached hydrogens (tertiary/aromatic N) is 1. The molecule has 4 nitrogen and oxygen atoms in total. The van der Waals surface area contributed by atoms with Crippen LogP contribution < -0.4 is 11.5 Å². The monoisotopic (exact) mass is 198 g/mol. The Kier molecular flexibility index (Phi) is 9.58. The predicted molar refractivity (Wildman–Crippen MR) is 59.9 cm³/mol. The zero-order valence-corrected chi connectivity index (χ0v) is 9.00. The van der Waals surface area contributed by atoms with Crippen molar-refractivity contribution in [2.24, 2.45) is 11.5 Å². The smallest absolute Gasteiger partial charge is 0.102 e. The summed E-state index contributed by atoms with van der Waals surface area (Å²) >= 11 is 0. The van der Waals surface area contributed by atoms with Gasteiger partial charge in [0, 0.05) is 12.4 Å². The van der Waals surface area contributed by atoms with Crippen molar-refractivity contribution in [2.45, 2.75) is 32.6 Å². The van der Waals surface area contributed by atoms with Gasteiger partial charge in [-0.3, -0.25) is 0 Å². The molecule has 0 fully saturated rings. The Hall–Kier alpha value is -0.870. The zero-order valence-electron chi connectivity index (χ0n) is 9.00. The first-order chi connectivity index (χ1) is 6.81. The van der Waals surface area contributed by atoms with E-state index in [9.17, 15) is 0 Å². The molecule has 0 bridgehead atoms. The molecule has 0 amide bonds. The highest BCUT2D eigenvalue weighted by molar-refractivity contribution is 4.80. The van der Waals surface area contributed by atoms with Gasteiger partial charge in [-0.25, -0.2) is 4.98 Å². The lowest BCUT2D eigenvalue weighted by atomic mass is 10.2. The zero-order chi connectivity index (χ0) is 10.6. The van der Waals surface area contributed by atoms with E-state index in [0.717, 1.165) is 31.8 Å². The lowest BCUT2D eigenvalue weighted by Gasteiger charge is -1.94. The van der Waals surface area contributed by atoms with Gasteiger partial charge in [0.15, 0.2) is 0 Å². The highest BCUT2D eigenvalue weighted by Crippen LogP contribution is 1.95. The summed E-state index contributed by atoms with van der Waals surface area (Å²) in [6.45, 7) is 3.56. The summed E-state index contributed by atoms with van der Waals surface area (Å²) in [5.74, 6) is 0.968. The molecule has 1 aromatic rings. The molecule has 0 saturated carbocycles. The Morgan fingerprint density at radius 3 is 1.93 bits per heavy atom. The molecule has 0 aliphatic rings. The highest BCUT2D eigenvalue weighted by atomic mass is 14.9. The Morgan fingerprint density at radius 1 is 1.14 bits per heavy atom. The first-order valence-corrected chi connectivity index (χ1v) is 5.17. The minimum absolute atomic E-state index is 0.824. The normalized spacial score (nSPS) is 9.36. The van der Waals surface area contributed by atoms with E-state index in [-0.39, 0.29) is 0 Å². The molecule has 0 unspecified atom stereocenters. The van der Waals surface area contributed by atoms with E-state index in [1.165, 1.54) is 12.8 Å². The fourth-order valence-corrected chi connectivity index (χ4v) is 0.986. The number of aromatic amines is 1. The molecule has 0 radical (unpaired) electrons. The standard InChI is InChI=1S/C6H16N2.C4H6N2/c7-5-3-1-2-4-6-8;1-4-5-2-3-6-4/h1-8H2;2-3H,1H3,(H,5,6). The molecule has 0 atom stereocenters. The van der Waals surface area contributed by atoms with Crippen molar-refractivity contribution in [3.63, 3.8) is 0 Å². The molecule has 0 saturated heterocycles. The molecule has 0 aliphatic heterocycles. The summed E-state index contributed by atoms with van der Waals surface area (Å²) in [6, 6.07) is 0. The maximum atomic E-state index is 5.28. The Labute approximate surface area is 86.1 Å². The van der Waals surface area contributed by atoms with Crippen LogP contribution in [0.1, 0.15) is 31.5 Å². The van der Waals surface area contributed by atoms with E-state index < -0.39 is 0 Å². The minimum Gasteiger partial charge on any atom is -0.349 e. The molecular weight excluding hydrogens is 176 g/mol. The fourth-order valence-electron chi connectivity index (χ4n) is 0.986. The fraction of sp³-hybridized carbons (Fsp3) is 0.700. The van der Waals surface area contributed by atoms with Crippen LogP contribution in [-0.2, 0) is 0 Å². The first-order valence-electron chi connectivity index (χ1n) is 5.17. The van der Waals surface area contributed by atoms with E-state index in [1.54, 1.807) is 12.4 Å². The van der Waals surface area contributed by atoms with E-state index >= 15 is 0 Å². The van der Waals surface area contributed by atoms with E-state index in [0.29, 0.717) is 0 Å². The molecule has 1 heterocycles. The maximum Gasteiger partial charge on any atom is 0.102 e. The number of hydrogen-bond donors (Lipinski definition) is 3. The SMILES string of the molecule is Cc1ncc[nH]1.NCCCCCCN. The van der Waals surface area contributed by atoms with E-state index in [4.69, 9.17) is 11.5 Å². The van der Waals surface area contributed by atoms with Gasteiger partial charge in [-0.1, -0.05) is 12.8 Å². The summed E-state index contributed by atoms with van der Waals surface area (Å²) in [5, 5.41) is 0. The maximum absolute atomic E-state index is 5.28. The van der Waals surface area contributed by atoms with Gasteiger partial charge in [0.05, 0.1) is 0 Å². The van der Waals surface area contributed by atoms with Gasteiger partial charge < -0.3 is 16.5 Å². The largest absolute Gasteiger partial charge is 0.349 e. The third-order valence-electron chi connectivity index (χ3n) is 1.79. The summed E-state index contributed by atoms with van der Waals surface area (Å²) in [4.78, 5) is 6.75. The van der Waals surface area contributed by atoms with Gasteiger partial charge in [0.2, 0.25) is 0 Å². The molecule has 1 aromatic heterocycles. The second-order valence-electron chi connectivity index (χ2n) is 3.17. The van der Waals surface area contributed by atoms with Crippen LogP contribution in [0.5, 0.6) is 0 Å². The molecule has 1 rings (SSSR count). The van der Waals surface area contributed by atoms with Crippen LogP contribution in [0.3, 0.4) is 0 Å². The molecule has 82 valence electrons. The second-order valence-corrected chi connectivity index (χ2v) is 3.17. The van der Waals surface area contributed by atoms with Gasteiger partial charge in [-0.15, -0.1) is 0 Å². The number of H-pyrrole nitrogens is 1. The molecule has 0 spiro atoms. The molecule has 14 heavy (non-hydrogen) atoms. The van der Waals surface area contributed by atoms with Crippen molar-refractivity contribution < 1.29 is 0 Å². The number of nitrogens with one attached hydrogen (secondary N) is 1. The van der Waals surface area contributed by atoms with Gasteiger partial charge >= 0.3 is 0 Å². The Bertz CT molecular complexity index is 178. The van der Waals surface area contributed by atoms with Crippen LogP contribution in [0.4, 0.5) is 0 Å². The van der Waals surface area contributed by atoms with Crippen molar-refractivity contribution in [1.82, 2.24) is 9.97 Å². The van der Waals surface area contributed by atoms with Crippen LogP contribution in [0.25, 0.3) is 0 Å². The number of imidazole rings is 1. The molecule has 0 aromatic carbocycles. The lowest BCUT2D eigenvalue weighted by molar-refractivity contribution is 0.653. The van der Waals surface area contributed by atoms with Crippen LogP contribution >= 0.6 is 0 Å². The summed E-state index contributed by atoms with van der Waals surface area (Å²) in [6.07, 6.45) is 8.33. The summed E-state index contributed by atoms with van der Waals surface area (Å²) in [7, 11) is 0. The third kappa shape index (κ3) is 9.22. The van der Waals surface area contributed by atoms with Crippen molar-refractivity contribution in [2.75, 3.05) is 13.1 Å². The van der Waals surface area contributed by atoms with Gasteiger partial charge in [0.1, 0.15) is 5.82 Å². The van der Waals surface area contributed by atoms with Gasteiger partial charge in [-0.2, -0.15) is 0 Å². The van der Waals surface area contributed by atoms with Crippen LogP contribution in [0.15, 0.2) is 12.4 Å². The van der Waals surface area contributed by atoms with Crippen molar-refractivity contribution in [1.29, 1.82) is 0 Å². The number of aryl methyl sites for hydroxylation is 1. The number of hydrogen-bond acceptors (Lipinski definition) is 3. The topological polar surface area (TPSA) is 80.7 Å². The van der Waals surface area contributed by atoms with E-state index in [2.05, 4.69) is 9.97 Å². The van der Waals surface area contributed by atoms with E-state index in [1.807, 2.05) is 6.92 Å². The minimum atomic E-state index is 0.824. The van der Waals surface area contributed by atoms with Crippen LogP contribution in [0.2, 0.25) is 0 Å². The Balaban J connectivity index is 0.000000249. The number of rotatable bonds is 5. The lowest BCUT2D eigenvalue weighted by Crippen LogP contribution is -2.00. The summed E-state index contributed by atoms with van der Waals surface area (Å²) in [5.41, 5.74) is 10.6. The second kappa shape index (κ2) is 10.2. The number of aromatic nitrogens is 2. The molecule has 5 N–H and O–H groups in total. The molecule has 4 heteroatoms. The molecule has 0 aliphatic carbocycles. The highest BCUT2D eigenvalue weighted by Gasteiger charge is 1.83. The van der Waals surface area contributed by atoms with Crippen LogP contribution in [-0.4, -0.2) is 23.1 Å². The van der Waals surface area contributed by atoms with Crippen molar-refractivity contribution >= 4 is 0 Å². The quantitative estimate of drug-likeness (QED) is 0.621.